The van der Waals surface area contributed by atoms with Crippen LogP contribution in [0.2, 0.25) is 10.3 Å². The second-order valence-corrected chi connectivity index (χ2v) is 5.41. The third kappa shape index (κ3) is 4.68. The average molecular weight is 353 g/mol. The molecule has 0 aliphatic heterocycles. The van der Waals surface area contributed by atoms with Gasteiger partial charge in [-0.2, -0.15) is 0 Å². The second kappa shape index (κ2) is 7.94. The number of hydrogen-bond donors (Lipinski definition) is 1. The van der Waals surface area contributed by atoms with Gasteiger partial charge in [-0.3, -0.25) is 4.79 Å². The number of benzene rings is 1. The number of halogens is 2. The van der Waals surface area contributed by atoms with Crippen molar-refractivity contribution in [3.63, 3.8) is 0 Å². The summed E-state index contributed by atoms with van der Waals surface area (Å²) in [5.74, 6) is -0.694. The van der Waals surface area contributed by atoms with Crippen LogP contribution >= 0.6 is 23.2 Å². The molecule has 0 unspecified atom stereocenters. The number of rotatable bonds is 5. The van der Waals surface area contributed by atoms with E-state index in [4.69, 9.17) is 23.2 Å². The standard InChI is InChI=1S/C16H14Cl2N2O3/c1-23-16(22)11-4-2-10(3-5-11)8-9-19-15(21)12-6-7-13(17)20-14(12)18/h2-7H,8-9H2,1H3,(H,19,21). The summed E-state index contributed by atoms with van der Waals surface area (Å²) in [4.78, 5) is 27.2. The molecule has 2 aromatic rings. The summed E-state index contributed by atoms with van der Waals surface area (Å²) in [6, 6.07) is 10.0. The summed E-state index contributed by atoms with van der Waals surface area (Å²) in [6.07, 6.45) is 0.617. The molecule has 0 fully saturated rings. The van der Waals surface area contributed by atoms with Gasteiger partial charge < -0.3 is 10.1 Å². The lowest BCUT2D eigenvalue weighted by atomic mass is 10.1. The number of nitrogens with one attached hydrogen (secondary N) is 1. The van der Waals surface area contributed by atoms with E-state index in [0.29, 0.717) is 18.5 Å². The van der Waals surface area contributed by atoms with Crippen LogP contribution in [0, 0.1) is 0 Å². The summed E-state index contributed by atoms with van der Waals surface area (Å²) in [6.45, 7) is 0.426. The van der Waals surface area contributed by atoms with E-state index in [0.717, 1.165) is 5.56 Å². The maximum absolute atomic E-state index is 12.0. The molecule has 0 aliphatic rings. The Balaban J connectivity index is 1.89. The molecule has 0 bridgehead atoms. The predicted molar refractivity (Wildman–Crippen MR) is 88.1 cm³/mol. The van der Waals surface area contributed by atoms with E-state index < -0.39 is 0 Å². The molecule has 1 aromatic heterocycles. The smallest absolute Gasteiger partial charge is 0.337 e. The van der Waals surface area contributed by atoms with Gasteiger partial charge in [-0.1, -0.05) is 35.3 Å². The molecular formula is C16H14Cl2N2O3. The number of amides is 1. The van der Waals surface area contributed by atoms with Crippen molar-refractivity contribution in [1.82, 2.24) is 10.3 Å². The fourth-order valence-electron chi connectivity index (χ4n) is 1.92. The third-order valence-corrected chi connectivity index (χ3v) is 3.63. The number of ether oxygens (including phenoxy) is 1. The van der Waals surface area contributed by atoms with E-state index in [1.165, 1.54) is 19.2 Å². The third-order valence-electron chi connectivity index (χ3n) is 3.13. The van der Waals surface area contributed by atoms with Gasteiger partial charge >= 0.3 is 5.97 Å². The fourth-order valence-corrected chi connectivity index (χ4v) is 2.35. The number of pyridine rings is 1. The molecule has 7 heteroatoms. The quantitative estimate of drug-likeness (QED) is 0.662. The molecule has 2 rings (SSSR count). The molecule has 0 aliphatic carbocycles. The largest absolute Gasteiger partial charge is 0.465 e. The van der Waals surface area contributed by atoms with E-state index >= 15 is 0 Å². The van der Waals surface area contributed by atoms with Gasteiger partial charge in [-0.05, 0) is 36.2 Å². The number of carbonyl (C=O) groups is 2. The van der Waals surface area contributed by atoms with Crippen LogP contribution in [0.1, 0.15) is 26.3 Å². The first kappa shape index (κ1) is 17.2. The molecule has 0 atom stereocenters. The van der Waals surface area contributed by atoms with Crippen LogP contribution in [0.4, 0.5) is 0 Å². The van der Waals surface area contributed by atoms with Crippen LogP contribution in [0.3, 0.4) is 0 Å². The van der Waals surface area contributed by atoms with Gasteiger partial charge in [-0.15, -0.1) is 0 Å². The summed E-state index contributed by atoms with van der Waals surface area (Å²) in [5.41, 5.74) is 1.75. The number of nitrogens with zero attached hydrogens (tertiary/aromatic N) is 1. The number of carbonyl (C=O) groups excluding carboxylic acids is 2. The second-order valence-electron chi connectivity index (χ2n) is 4.67. The zero-order chi connectivity index (χ0) is 16.8. The van der Waals surface area contributed by atoms with Crippen molar-refractivity contribution >= 4 is 35.1 Å². The van der Waals surface area contributed by atoms with Crippen molar-refractivity contribution in [3.8, 4) is 0 Å². The molecule has 0 saturated carbocycles. The molecule has 0 saturated heterocycles. The normalized spacial score (nSPS) is 10.2. The fraction of sp³-hybridized carbons (Fsp3) is 0.188. The highest BCUT2D eigenvalue weighted by atomic mass is 35.5. The van der Waals surface area contributed by atoms with Gasteiger partial charge in [0.15, 0.2) is 0 Å². The van der Waals surface area contributed by atoms with E-state index in [1.807, 2.05) is 12.1 Å². The zero-order valence-corrected chi connectivity index (χ0v) is 13.8. The van der Waals surface area contributed by atoms with Gasteiger partial charge in [0.2, 0.25) is 0 Å². The number of esters is 1. The first-order chi connectivity index (χ1) is 11.0. The highest BCUT2D eigenvalue weighted by molar-refractivity contribution is 6.34. The van der Waals surface area contributed by atoms with Gasteiger partial charge in [0.1, 0.15) is 10.3 Å². The number of methoxy groups -OCH3 is 1. The molecule has 23 heavy (non-hydrogen) atoms. The predicted octanol–water partition coefficient (Wildman–Crippen LogP) is 3.15. The molecule has 0 spiro atoms. The van der Waals surface area contributed by atoms with Gasteiger partial charge in [-0.25, -0.2) is 9.78 Å². The topological polar surface area (TPSA) is 68.3 Å². The Hall–Kier alpha value is -2.11. The lowest BCUT2D eigenvalue weighted by Gasteiger charge is -2.07. The van der Waals surface area contributed by atoms with Crippen molar-refractivity contribution in [2.45, 2.75) is 6.42 Å². The van der Waals surface area contributed by atoms with E-state index in [1.54, 1.807) is 12.1 Å². The zero-order valence-electron chi connectivity index (χ0n) is 12.3. The van der Waals surface area contributed by atoms with E-state index in [9.17, 15) is 9.59 Å². The van der Waals surface area contributed by atoms with Crippen LogP contribution in [0.15, 0.2) is 36.4 Å². The van der Waals surface area contributed by atoms with Crippen LogP contribution in [0.5, 0.6) is 0 Å². The van der Waals surface area contributed by atoms with Gasteiger partial charge in [0.25, 0.3) is 5.91 Å². The van der Waals surface area contributed by atoms with Crippen molar-refractivity contribution in [3.05, 3.63) is 63.4 Å². The number of aromatic nitrogens is 1. The Morgan fingerprint density at radius 1 is 1.13 bits per heavy atom. The number of hydrogen-bond acceptors (Lipinski definition) is 4. The summed E-state index contributed by atoms with van der Waals surface area (Å²) in [7, 11) is 1.34. The van der Waals surface area contributed by atoms with Crippen LogP contribution < -0.4 is 5.32 Å². The Morgan fingerprint density at radius 3 is 2.43 bits per heavy atom. The highest BCUT2D eigenvalue weighted by Crippen LogP contribution is 2.16. The minimum Gasteiger partial charge on any atom is -0.465 e. The Bertz CT molecular complexity index is 718. The first-order valence-electron chi connectivity index (χ1n) is 6.78. The monoisotopic (exact) mass is 352 g/mol. The van der Waals surface area contributed by atoms with E-state index in [2.05, 4.69) is 15.0 Å². The van der Waals surface area contributed by atoms with Crippen molar-refractivity contribution < 1.29 is 14.3 Å². The van der Waals surface area contributed by atoms with Crippen LogP contribution in [0.25, 0.3) is 0 Å². The van der Waals surface area contributed by atoms with Gasteiger partial charge in [0.05, 0.1) is 18.2 Å². The van der Waals surface area contributed by atoms with Crippen molar-refractivity contribution in [1.29, 1.82) is 0 Å². The summed E-state index contributed by atoms with van der Waals surface area (Å²) < 4.78 is 4.63. The van der Waals surface area contributed by atoms with Crippen LogP contribution in [-0.2, 0) is 11.2 Å². The minimum absolute atomic E-state index is 0.0671. The minimum atomic E-state index is -0.380. The average Bonchev–Trinajstić information content (AvgIpc) is 2.54. The van der Waals surface area contributed by atoms with Crippen molar-refractivity contribution in [2.24, 2.45) is 0 Å². The van der Waals surface area contributed by atoms with Crippen molar-refractivity contribution in [2.75, 3.05) is 13.7 Å². The SMILES string of the molecule is COC(=O)c1ccc(CCNC(=O)c2ccc(Cl)nc2Cl)cc1. The molecule has 0 radical (unpaired) electrons. The molecule has 1 aromatic carbocycles. The van der Waals surface area contributed by atoms with E-state index in [-0.39, 0.29) is 27.7 Å². The van der Waals surface area contributed by atoms with Gasteiger partial charge in [0, 0.05) is 6.54 Å². The maximum atomic E-state index is 12.0. The summed E-state index contributed by atoms with van der Waals surface area (Å²) >= 11 is 11.6. The molecule has 5 nitrogen and oxygen atoms in total. The Morgan fingerprint density at radius 2 is 1.83 bits per heavy atom. The lowest BCUT2D eigenvalue weighted by molar-refractivity contribution is 0.0600. The lowest BCUT2D eigenvalue weighted by Crippen LogP contribution is -2.26. The Labute approximate surface area is 143 Å². The Kier molecular flexibility index (Phi) is 5.96. The molecule has 1 amide bonds. The molecule has 1 N–H and O–H groups in total. The molecule has 1 heterocycles. The highest BCUT2D eigenvalue weighted by Gasteiger charge is 2.11. The molecule has 120 valence electrons. The maximum Gasteiger partial charge on any atom is 0.337 e. The van der Waals surface area contributed by atoms with Crippen LogP contribution in [-0.4, -0.2) is 30.5 Å². The summed E-state index contributed by atoms with van der Waals surface area (Å²) in [5, 5.41) is 3.06. The first-order valence-corrected chi connectivity index (χ1v) is 7.54. The molecular weight excluding hydrogens is 339 g/mol.